The summed E-state index contributed by atoms with van der Waals surface area (Å²) in [6, 6.07) is 12.0. The minimum Gasteiger partial charge on any atom is -0.463 e. The first-order chi connectivity index (χ1) is 17.7. The van der Waals surface area contributed by atoms with E-state index in [9.17, 15) is 14.4 Å². The van der Waals surface area contributed by atoms with E-state index in [0.29, 0.717) is 54.6 Å². The number of carbonyl (C=O) groups is 3. The van der Waals surface area contributed by atoms with E-state index in [0.717, 1.165) is 16.7 Å². The van der Waals surface area contributed by atoms with Gasteiger partial charge < -0.3 is 15.0 Å². The number of nitrogens with one attached hydrogen (secondary N) is 1. The normalized spacial score (nSPS) is 18.6. The van der Waals surface area contributed by atoms with Gasteiger partial charge in [0.1, 0.15) is 0 Å². The van der Waals surface area contributed by atoms with Gasteiger partial charge in [-0.2, -0.15) is 0 Å². The fourth-order valence-corrected chi connectivity index (χ4v) is 4.92. The third kappa shape index (κ3) is 5.81. The summed E-state index contributed by atoms with van der Waals surface area (Å²) in [5.41, 5.74) is 4.56. The summed E-state index contributed by atoms with van der Waals surface area (Å²) in [5.74, 6) is -0.473. The van der Waals surface area contributed by atoms with Gasteiger partial charge in [-0.1, -0.05) is 35.4 Å². The Morgan fingerprint density at radius 2 is 1.73 bits per heavy atom. The van der Waals surface area contributed by atoms with Gasteiger partial charge in [0.05, 0.1) is 18.2 Å². The van der Waals surface area contributed by atoms with Gasteiger partial charge in [-0.15, -0.1) is 0 Å². The van der Waals surface area contributed by atoms with E-state index in [1.807, 2.05) is 36.9 Å². The Balaban J connectivity index is 1.59. The maximum Gasteiger partial charge on any atom is 0.338 e. The molecule has 1 saturated heterocycles. The van der Waals surface area contributed by atoms with Crippen molar-refractivity contribution in [1.82, 2.24) is 20.0 Å². The molecule has 2 heterocycles. The van der Waals surface area contributed by atoms with Crippen molar-refractivity contribution in [2.45, 2.75) is 26.8 Å². The van der Waals surface area contributed by atoms with Crippen molar-refractivity contribution >= 4 is 29.5 Å². The minimum atomic E-state index is -0.606. The number of rotatable bonds is 6. The van der Waals surface area contributed by atoms with Crippen LogP contribution in [0.3, 0.4) is 0 Å². The van der Waals surface area contributed by atoms with E-state index in [-0.39, 0.29) is 18.5 Å². The summed E-state index contributed by atoms with van der Waals surface area (Å²) < 4.78 is 5.46. The predicted octanol–water partition coefficient (Wildman–Crippen LogP) is 3.93. The zero-order valence-electron chi connectivity index (χ0n) is 21.7. The molecular weight excluding hydrogens is 492 g/mol. The highest BCUT2D eigenvalue weighted by Gasteiger charge is 2.38. The standard InChI is InChI=1S/C28H33ClN4O4/c1-5-37-27(35)24-23(31(4)28(36)30-25(24)22-16-18(2)6-7-19(22)3)17-32-12-14-33(15-13-32)26(34)20-8-10-21(29)11-9-20/h6-11,16,25H,5,12-15,17H2,1-4H3,(H,30,36)/t25-/m0/s1. The van der Waals surface area contributed by atoms with Crippen LogP contribution < -0.4 is 5.32 Å². The van der Waals surface area contributed by atoms with Crippen molar-refractivity contribution in [2.24, 2.45) is 0 Å². The predicted molar refractivity (Wildman–Crippen MR) is 142 cm³/mol. The van der Waals surface area contributed by atoms with Gasteiger partial charge in [-0.25, -0.2) is 9.59 Å². The van der Waals surface area contributed by atoms with E-state index in [1.165, 1.54) is 4.90 Å². The number of hydrogen-bond acceptors (Lipinski definition) is 5. The highest BCUT2D eigenvalue weighted by atomic mass is 35.5. The number of halogens is 1. The largest absolute Gasteiger partial charge is 0.463 e. The summed E-state index contributed by atoms with van der Waals surface area (Å²) in [4.78, 5) is 44.7. The van der Waals surface area contributed by atoms with Crippen LogP contribution in [-0.2, 0) is 9.53 Å². The highest BCUT2D eigenvalue weighted by Crippen LogP contribution is 2.33. The van der Waals surface area contributed by atoms with E-state index >= 15 is 0 Å². The van der Waals surface area contributed by atoms with Crippen LogP contribution in [0.4, 0.5) is 4.79 Å². The number of urea groups is 1. The molecule has 1 atom stereocenters. The topological polar surface area (TPSA) is 82.2 Å². The van der Waals surface area contributed by atoms with Gasteiger partial charge in [0.15, 0.2) is 0 Å². The number of esters is 1. The smallest absolute Gasteiger partial charge is 0.338 e. The van der Waals surface area contributed by atoms with Crippen LogP contribution in [0.5, 0.6) is 0 Å². The molecule has 37 heavy (non-hydrogen) atoms. The van der Waals surface area contributed by atoms with Crippen LogP contribution in [0.15, 0.2) is 53.7 Å². The molecule has 9 heteroatoms. The summed E-state index contributed by atoms with van der Waals surface area (Å²) >= 11 is 5.95. The molecule has 0 radical (unpaired) electrons. The number of aryl methyl sites for hydroxylation is 2. The summed E-state index contributed by atoms with van der Waals surface area (Å²) in [7, 11) is 1.67. The maximum absolute atomic E-state index is 13.3. The Morgan fingerprint density at radius 3 is 2.38 bits per heavy atom. The third-order valence-corrected chi connectivity index (χ3v) is 7.19. The lowest BCUT2D eigenvalue weighted by Crippen LogP contribution is -2.53. The van der Waals surface area contributed by atoms with Crippen molar-refractivity contribution in [3.8, 4) is 0 Å². The minimum absolute atomic E-state index is 0.0353. The molecule has 0 bridgehead atoms. The van der Waals surface area contributed by atoms with Crippen LogP contribution in [-0.4, -0.2) is 79.0 Å². The molecule has 8 nitrogen and oxygen atoms in total. The van der Waals surface area contributed by atoms with Gasteiger partial charge in [0.2, 0.25) is 0 Å². The molecule has 2 aliphatic heterocycles. The Hall–Kier alpha value is -3.36. The van der Waals surface area contributed by atoms with Crippen molar-refractivity contribution < 1.29 is 19.1 Å². The molecule has 0 unspecified atom stereocenters. The second kappa shape index (κ2) is 11.4. The number of amides is 3. The lowest BCUT2D eigenvalue weighted by atomic mass is 9.90. The van der Waals surface area contributed by atoms with Crippen molar-refractivity contribution in [1.29, 1.82) is 0 Å². The molecule has 2 aliphatic rings. The van der Waals surface area contributed by atoms with Crippen LogP contribution in [0.25, 0.3) is 0 Å². The number of nitrogens with zero attached hydrogens (tertiary/aromatic N) is 3. The molecular formula is C28H33ClN4O4. The first kappa shape index (κ1) is 26.7. The second-order valence-corrected chi connectivity index (χ2v) is 9.89. The molecule has 1 fully saturated rings. The first-order valence-corrected chi connectivity index (χ1v) is 12.9. The second-order valence-electron chi connectivity index (χ2n) is 9.46. The zero-order valence-corrected chi connectivity index (χ0v) is 22.5. The number of piperazine rings is 1. The molecule has 0 aliphatic carbocycles. The van der Waals surface area contributed by atoms with E-state index < -0.39 is 12.0 Å². The fraction of sp³-hybridized carbons (Fsp3) is 0.393. The zero-order chi connectivity index (χ0) is 26.7. The summed E-state index contributed by atoms with van der Waals surface area (Å²) in [6.45, 7) is 8.66. The van der Waals surface area contributed by atoms with Crippen LogP contribution >= 0.6 is 11.6 Å². The number of carbonyl (C=O) groups excluding carboxylic acids is 3. The molecule has 3 amide bonds. The molecule has 0 aromatic heterocycles. The Bertz CT molecular complexity index is 1220. The molecule has 2 aromatic carbocycles. The van der Waals surface area contributed by atoms with Crippen molar-refractivity contribution in [3.63, 3.8) is 0 Å². The number of likely N-dealkylation sites (N-methyl/N-ethyl adjacent to an activating group) is 1. The van der Waals surface area contributed by atoms with E-state index in [1.54, 1.807) is 38.2 Å². The van der Waals surface area contributed by atoms with E-state index in [4.69, 9.17) is 16.3 Å². The van der Waals surface area contributed by atoms with Crippen LogP contribution in [0.2, 0.25) is 5.02 Å². The summed E-state index contributed by atoms with van der Waals surface area (Å²) in [6.07, 6.45) is 0. The third-order valence-electron chi connectivity index (χ3n) is 6.94. The Kier molecular flexibility index (Phi) is 8.19. The quantitative estimate of drug-likeness (QED) is 0.579. The molecule has 0 saturated carbocycles. The van der Waals surface area contributed by atoms with Crippen LogP contribution in [0.1, 0.15) is 40.0 Å². The highest BCUT2D eigenvalue weighted by molar-refractivity contribution is 6.30. The van der Waals surface area contributed by atoms with Gasteiger partial charge in [0.25, 0.3) is 5.91 Å². The molecule has 4 rings (SSSR count). The summed E-state index contributed by atoms with van der Waals surface area (Å²) in [5, 5.41) is 3.59. The number of ether oxygens (including phenoxy) is 1. The van der Waals surface area contributed by atoms with Gasteiger partial charge in [0, 0.05) is 56.1 Å². The average Bonchev–Trinajstić information content (AvgIpc) is 2.88. The number of benzene rings is 2. The van der Waals surface area contributed by atoms with E-state index in [2.05, 4.69) is 10.2 Å². The average molecular weight is 525 g/mol. The monoisotopic (exact) mass is 524 g/mol. The Labute approximate surface area is 222 Å². The van der Waals surface area contributed by atoms with Crippen molar-refractivity contribution in [2.75, 3.05) is 46.4 Å². The molecule has 196 valence electrons. The van der Waals surface area contributed by atoms with Gasteiger partial charge in [-0.3, -0.25) is 14.6 Å². The van der Waals surface area contributed by atoms with Crippen molar-refractivity contribution in [3.05, 3.63) is 81.0 Å². The van der Waals surface area contributed by atoms with Gasteiger partial charge >= 0.3 is 12.0 Å². The SMILES string of the molecule is CCOC(=O)C1=C(CN2CCN(C(=O)c3ccc(Cl)cc3)CC2)N(C)C(=O)N[C@H]1c1cc(C)ccc1C. The maximum atomic E-state index is 13.3. The number of hydrogen-bond donors (Lipinski definition) is 1. The fourth-order valence-electron chi connectivity index (χ4n) is 4.80. The van der Waals surface area contributed by atoms with Crippen LogP contribution in [0, 0.1) is 13.8 Å². The molecule has 2 aromatic rings. The lowest BCUT2D eigenvalue weighted by Gasteiger charge is -2.39. The molecule has 0 spiro atoms. The Morgan fingerprint density at radius 1 is 1.05 bits per heavy atom. The lowest BCUT2D eigenvalue weighted by molar-refractivity contribution is -0.139. The molecule has 1 N–H and O–H groups in total. The van der Waals surface area contributed by atoms with Gasteiger partial charge in [-0.05, 0) is 56.2 Å². The first-order valence-electron chi connectivity index (χ1n) is 12.5.